The lowest BCUT2D eigenvalue weighted by Crippen LogP contribution is -2.34. The molecule has 1 amide bonds. The molecule has 0 fully saturated rings. The van der Waals surface area contributed by atoms with Gasteiger partial charge < -0.3 is 38.2 Å². The number of carbonyl (C=O) groups is 3. The molecule has 1 heterocycles. The molecule has 0 aliphatic carbocycles. The monoisotopic (exact) mass is 613 g/mol. The van der Waals surface area contributed by atoms with Crippen LogP contribution >= 0.6 is 0 Å². The Morgan fingerprint density at radius 2 is 1.30 bits per heavy atom. The minimum atomic E-state index is -0.956. The molecule has 0 atom stereocenters. The number of fused-ring (bicyclic) bond motifs is 1. The molecular formula is C32H39NO11. The highest BCUT2D eigenvalue weighted by atomic mass is 16.7. The third kappa shape index (κ3) is 10.5. The van der Waals surface area contributed by atoms with E-state index < -0.39 is 40.6 Å². The summed E-state index contributed by atoms with van der Waals surface area (Å²) in [6.45, 7) is 15.5. The zero-order valence-corrected chi connectivity index (χ0v) is 26.4. The van der Waals surface area contributed by atoms with Gasteiger partial charge in [-0.1, -0.05) is 12.1 Å². The zero-order chi connectivity index (χ0) is 32.9. The van der Waals surface area contributed by atoms with E-state index in [2.05, 4.69) is 5.32 Å². The van der Waals surface area contributed by atoms with Gasteiger partial charge in [-0.2, -0.15) is 0 Å². The predicted molar refractivity (Wildman–Crippen MR) is 161 cm³/mol. The van der Waals surface area contributed by atoms with Crippen molar-refractivity contribution in [3.63, 3.8) is 0 Å². The van der Waals surface area contributed by atoms with Crippen LogP contribution in [0.1, 0.15) is 62.3 Å². The van der Waals surface area contributed by atoms with Crippen molar-refractivity contribution in [1.82, 2.24) is 5.32 Å². The first kappa shape index (κ1) is 33.8. The van der Waals surface area contributed by atoms with Crippen LogP contribution in [0.15, 0.2) is 51.9 Å². The standard InChI is InChI=1S/C32H39NO11/c1-30(2,3)42-27(35)33-14-15-38-23-16-21(41-29(37)44-32(7,8)9)17-24-25(23)26(34)22(18-39-24)19-10-12-20(13-11-19)40-28(36)43-31(4,5)6/h10-13,16-18H,14-15H2,1-9H3,(H,33,35). The molecule has 0 spiro atoms. The van der Waals surface area contributed by atoms with Crippen LogP contribution in [-0.2, 0) is 14.2 Å². The number of carbonyl (C=O) groups excluding carboxylic acids is 3. The van der Waals surface area contributed by atoms with Gasteiger partial charge in [-0.25, -0.2) is 14.4 Å². The second-order valence-corrected chi connectivity index (χ2v) is 12.7. The highest BCUT2D eigenvalue weighted by molar-refractivity contribution is 5.89. The summed E-state index contributed by atoms with van der Waals surface area (Å²) in [6.07, 6.45) is -1.18. The summed E-state index contributed by atoms with van der Waals surface area (Å²) in [5, 5.41) is 2.65. The largest absolute Gasteiger partial charge is 0.514 e. The molecule has 44 heavy (non-hydrogen) atoms. The molecule has 0 aliphatic rings. The Morgan fingerprint density at radius 3 is 1.84 bits per heavy atom. The minimum Gasteiger partial charge on any atom is -0.491 e. The van der Waals surface area contributed by atoms with E-state index in [1.54, 1.807) is 74.4 Å². The van der Waals surface area contributed by atoms with Crippen LogP contribution in [0, 0.1) is 0 Å². The van der Waals surface area contributed by atoms with Crippen LogP contribution in [0.4, 0.5) is 14.4 Å². The second-order valence-electron chi connectivity index (χ2n) is 12.7. The molecule has 0 bridgehead atoms. The van der Waals surface area contributed by atoms with Gasteiger partial charge >= 0.3 is 18.4 Å². The molecule has 12 heteroatoms. The van der Waals surface area contributed by atoms with Gasteiger partial charge in [0.1, 0.15) is 57.9 Å². The predicted octanol–water partition coefficient (Wildman–Crippen LogP) is 6.99. The fourth-order valence-corrected chi connectivity index (χ4v) is 3.63. The van der Waals surface area contributed by atoms with Crippen molar-refractivity contribution in [2.75, 3.05) is 13.2 Å². The van der Waals surface area contributed by atoms with E-state index in [9.17, 15) is 19.2 Å². The third-order valence-electron chi connectivity index (χ3n) is 5.19. The molecule has 0 saturated heterocycles. The van der Waals surface area contributed by atoms with Gasteiger partial charge in [0.05, 0.1) is 12.1 Å². The Balaban J connectivity index is 1.91. The van der Waals surface area contributed by atoms with Crippen LogP contribution in [-0.4, -0.2) is 48.4 Å². The van der Waals surface area contributed by atoms with Crippen molar-refractivity contribution in [3.05, 3.63) is 52.9 Å². The van der Waals surface area contributed by atoms with E-state index in [1.807, 2.05) is 0 Å². The first-order chi connectivity index (χ1) is 20.3. The molecule has 238 valence electrons. The van der Waals surface area contributed by atoms with Gasteiger partial charge in [-0.05, 0) is 80.0 Å². The van der Waals surface area contributed by atoms with Gasteiger partial charge in [0.25, 0.3) is 0 Å². The van der Waals surface area contributed by atoms with Gasteiger partial charge in [0.2, 0.25) is 5.43 Å². The van der Waals surface area contributed by atoms with Gasteiger partial charge in [-0.3, -0.25) is 4.79 Å². The summed E-state index contributed by atoms with van der Waals surface area (Å²) < 4.78 is 37.8. The second kappa shape index (κ2) is 13.3. The highest BCUT2D eigenvalue weighted by Crippen LogP contribution is 2.32. The van der Waals surface area contributed by atoms with Crippen LogP contribution in [0.2, 0.25) is 0 Å². The summed E-state index contributed by atoms with van der Waals surface area (Å²) in [4.78, 5) is 50.0. The van der Waals surface area contributed by atoms with E-state index in [-0.39, 0.29) is 46.9 Å². The molecule has 0 aliphatic heterocycles. The van der Waals surface area contributed by atoms with Gasteiger partial charge in [-0.15, -0.1) is 0 Å². The normalized spacial score (nSPS) is 11.8. The molecule has 1 aromatic heterocycles. The molecule has 0 radical (unpaired) electrons. The number of nitrogens with one attached hydrogen (secondary N) is 1. The van der Waals surface area contributed by atoms with Crippen molar-refractivity contribution in [2.24, 2.45) is 0 Å². The number of alkyl carbamates (subject to hydrolysis) is 1. The molecular weight excluding hydrogens is 574 g/mol. The Morgan fingerprint density at radius 1 is 0.750 bits per heavy atom. The van der Waals surface area contributed by atoms with Crippen molar-refractivity contribution < 1.29 is 47.2 Å². The van der Waals surface area contributed by atoms with Crippen molar-refractivity contribution >= 4 is 29.4 Å². The number of amides is 1. The first-order valence-corrected chi connectivity index (χ1v) is 13.9. The minimum absolute atomic E-state index is 0.0152. The van der Waals surface area contributed by atoms with E-state index in [0.717, 1.165) is 0 Å². The molecule has 3 aromatic rings. The summed E-state index contributed by atoms with van der Waals surface area (Å²) in [5.41, 5.74) is -1.88. The highest BCUT2D eigenvalue weighted by Gasteiger charge is 2.22. The van der Waals surface area contributed by atoms with Crippen LogP contribution in [0.25, 0.3) is 22.1 Å². The van der Waals surface area contributed by atoms with E-state index >= 15 is 0 Å². The van der Waals surface area contributed by atoms with Crippen molar-refractivity contribution in [1.29, 1.82) is 0 Å². The Hall–Kier alpha value is -4.74. The number of ether oxygens (including phenoxy) is 6. The maximum Gasteiger partial charge on any atom is 0.514 e. The maximum atomic E-state index is 13.7. The molecule has 2 aromatic carbocycles. The quantitative estimate of drug-likeness (QED) is 0.127. The summed E-state index contributed by atoms with van der Waals surface area (Å²) in [7, 11) is 0. The fraction of sp³-hybridized carbons (Fsp3) is 0.438. The number of rotatable bonds is 7. The maximum absolute atomic E-state index is 13.7. The Bertz CT molecular complexity index is 1550. The first-order valence-electron chi connectivity index (χ1n) is 13.9. The topological polar surface area (TPSA) is 149 Å². The fourth-order valence-electron chi connectivity index (χ4n) is 3.63. The van der Waals surface area contributed by atoms with Gasteiger partial charge in [0.15, 0.2) is 0 Å². The molecule has 12 nitrogen and oxygen atoms in total. The summed E-state index contributed by atoms with van der Waals surface area (Å²) >= 11 is 0. The smallest absolute Gasteiger partial charge is 0.491 e. The van der Waals surface area contributed by atoms with Crippen LogP contribution in [0.5, 0.6) is 17.2 Å². The molecule has 3 rings (SSSR count). The van der Waals surface area contributed by atoms with E-state index in [1.165, 1.54) is 30.5 Å². The number of hydrogen-bond acceptors (Lipinski definition) is 11. The lowest BCUT2D eigenvalue weighted by molar-refractivity contribution is 0.0192. The molecule has 0 unspecified atom stereocenters. The zero-order valence-electron chi connectivity index (χ0n) is 26.4. The number of hydrogen-bond donors (Lipinski definition) is 1. The Labute approximate surface area is 255 Å². The van der Waals surface area contributed by atoms with Crippen LogP contribution < -0.4 is 25.0 Å². The lowest BCUT2D eigenvalue weighted by Gasteiger charge is -2.20. The van der Waals surface area contributed by atoms with Crippen molar-refractivity contribution in [3.8, 4) is 28.4 Å². The summed E-state index contributed by atoms with van der Waals surface area (Å²) in [6, 6.07) is 8.93. The lowest BCUT2D eigenvalue weighted by atomic mass is 10.0. The average molecular weight is 614 g/mol. The molecule has 1 N–H and O–H groups in total. The van der Waals surface area contributed by atoms with Gasteiger partial charge in [0, 0.05) is 12.1 Å². The van der Waals surface area contributed by atoms with E-state index in [4.69, 9.17) is 32.8 Å². The number of benzene rings is 2. The van der Waals surface area contributed by atoms with Crippen LogP contribution in [0.3, 0.4) is 0 Å². The average Bonchev–Trinajstić information content (AvgIpc) is 2.84. The summed E-state index contributed by atoms with van der Waals surface area (Å²) in [5.74, 6) is 0.285. The molecule has 0 saturated carbocycles. The van der Waals surface area contributed by atoms with E-state index in [0.29, 0.717) is 5.56 Å². The Kier molecular flexibility index (Phi) is 10.2. The van der Waals surface area contributed by atoms with Crippen molar-refractivity contribution in [2.45, 2.75) is 79.1 Å². The third-order valence-corrected chi connectivity index (χ3v) is 5.19. The SMILES string of the molecule is CC(C)(C)OC(=O)NCCOc1cc(OC(=O)OC(C)(C)C)cc2occ(-c3ccc(OC(=O)OC(C)(C)C)cc3)c(=O)c12.